The van der Waals surface area contributed by atoms with Gasteiger partial charge in [0.05, 0.1) is 6.10 Å². The number of nitrogens with two attached hydrogens (primary N) is 1. The molecule has 0 fully saturated rings. The van der Waals surface area contributed by atoms with E-state index >= 15 is 0 Å². The fourth-order valence-electron chi connectivity index (χ4n) is 1.58. The second kappa shape index (κ2) is 5.73. The van der Waals surface area contributed by atoms with Crippen LogP contribution in [0.1, 0.15) is 18.1 Å². The molecule has 0 bridgehead atoms. The Labute approximate surface area is 91.3 Å². The van der Waals surface area contributed by atoms with Gasteiger partial charge in [-0.05, 0) is 24.5 Å². The van der Waals surface area contributed by atoms with Crippen LogP contribution in [0.15, 0.2) is 18.2 Å². The van der Waals surface area contributed by atoms with E-state index in [1.807, 2.05) is 0 Å². The van der Waals surface area contributed by atoms with Crippen molar-refractivity contribution in [3.63, 3.8) is 0 Å². The number of rotatable bonds is 5. The van der Waals surface area contributed by atoms with Gasteiger partial charge in [-0.3, -0.25) is 0 Å². The summed E-state index contributed by atoms with van der Waals surface area (Å²) in [4.78, 5) is 0. The number of aryl methyl sites for hydroxylation is 2. The lowest BCUT2D eigenvalue weighted by molar-refractivity contribution is 0.196. The summed E-state index contributed by atoms with van der Waals surface area (Å²) in [6, 6.07) is 6.22. The predicted octanol–water partition coefficient (Wildman–Crippen LogP) is 1.29. The van der Waals surface area contributed by atoms with Crippen molar-refractivity contribution >= 4 is 5.69 Å². The van der Waals surface area contributed by atoms with Crippen molar-refractivity contribution < 1.29 is 5.11 Å². The molecular formula is C12H20N2O. The molecule has 0 aromatic heterocycles. The molecule has 0 spiro atoms. The Morgan fingerprint density at radius 3 is 2.80 bits per heavy atom. The monoisotopic (exact) mass is 208 g/mol. The highest BCUT2D eigenvalue weighted by Crippen LogP contribution is 2.20. The van der Waals surface area contributed by atoms with Gasteiger partial charge in [-0.25, -0.2) is 0 Å². The maximum absolute atomic E-state index is 9.39. The Morgan fingerprint density at radius 2 is 2.20 bits per heavy atom. The molecule has 0 radical (unpaired) electrons. The molecule has 0 amide bonds. The first kappa shape index (κ1) is 12.0. The van der Waals surface area contributed by atoms with Gasteiger partial charge >= 0.3 is 0 Å². The number of hydrogen-bond donors (Lipinski definition) is 3. The fraction of sp³-hybridized carbons (Fsp3) is 0.500. The number of aliphatic hydroxyl groups excluding tert-OH is 1. The van der Waals surface area contributed by atoms with Crippen molar-refractivity contribution in [3.8, 4) is 0 Å². The summed E-state index contributed by atoms with van der Waals surface area (Å²) in [7, 11) is 0. The van der Waals surface area contributed by atoms with Gasteiger partial charge in [0.1, 0.15) is 0 Å². The summed E-state index contributed by atoms with van der Waals surface area (Å²) in [6.07, 6.45) is 0.511. The number of aliphatic hydroxyl groups is 1. The van der Waals surface area contributed by atoms with Crippen molar-refractivity contribution in [2.45, 2.75) is 26.4 Å². The Morgan fingerprint density at radius 1 is 1.47 bits per heavy atom. The number of anilines is 1. The average molecular weight is 208 g/mol. The van der Waals surface area contributed by atoms with E-state index in [-0.39, 0.29) is 0 Å². The first-order valence-electron chi connectivity index (χ1n) is 5.39. The maximum atomic E-state index is 9.39. The van der Waals surface area contributed by atoms with Crippen LogP contribution in [0.2, 0.25) is 0 Å². The van der Waals surface area contributed by atoms with E-state index in [9.17, 15) is 5.11 Å². The lowest BCUT2D eigenvalue weighted by Gasteiger charge is -2.16. The molecule has 4 N–H and O–H groups in total. The SMILES string of the molecule is CCc1cccc(C)c1NCC(O)CN. The fourth-order valence-corrected chi connectivity index (χ4v) is 1.58. The molecule has 1 aromatic rings. The van der Waals surface area contributed by atoms with Gasteiger partial charge in [-0.1, -0.05) is 25.1 Å². The topological polar surface area (TPSA) is 58.3 Å². The summed E-state index contributed by atoms with van der Waals surface area (Å²) in [6.45, 7) is 4.99. The van der Waals surface area contributed by atoms with Crippen molar-refractivity contribution in [3.05, 3.63) is 29.3 Å². The van der Waals surface area contributed by atoms with Gasteiger partial charge in [-0.15, -0.1) is 0 Å². The molecule has 0 aliphatic rings. The van der Waals surface area contributed by atoms with Gasteiger partial charge in [-0.2, -0.15) is 0 Å². The number of hydrogen-bond acceptors (Lipinski definition) is 3. The highest BCUT2D eigenvalue weighted by Gasteiger charge is 2.05. The number of nitrogens with one attached hydrogen (secondary N) is 1. The van der Waals surface area contributed by atoms with E-state index in [0.717, 1.165) is 12.1 Å². The van der Waals surface area contributed by atoms with Crippen LogP contribution in [0.3, 0.4) is 0 Å². The van der Waals surface area contributed by atoms with Gasteiger partial charge in [0, 0.05) is 18.8 Å². The highest BCUT2D eigenvalue weighted by molar-refractivity contribution is 5.57. The van der Waals surface area contributed by atoms with Crippen molar-refractivity contribution in [1.29, 1.82) is 0 Å². The Kier molecular flexibility index (Phi) is 4.59. The standard InChI is InChI=1S/C12H20N2O/c1-3-10-6-4-5-9(2)12(10)14-8-11(15)7-13/h4-6,11,14-15H,3,7-8,13H2,1-2H3. The summed E-state index contributed by atoms with van der Waals surface area (Å²) < 4.78 is 0. The highest BCUT2D eigenvalue weighted by atomic mass is 16.3. The van der Waals surface area contributed by atoms with E-state index < -0.39 is 6.10 Å². The van der Waals surface area contributed by atoms with Crippen molar-refractivity contribution in [2.75, 3.05) is 18.4 Å². The van der Waals surface area contributed by atoms with Crippen LogP contribution < -0.4 is 11.1 Å². The van der Waals surface area contributed by atoms with Gasteiger partial charge in [0.15, 0.2) is 0 Å². The third-order valence-electron chi connectivity index (χ3n) is 2.53. The molecule has 1 unspecified atom stereocenters. The molecule has 3 nitrogen and oxygen atoms in total. The zero-order chi connectivity index (χ0) is 11.3. The third-order valence-corrected chi connectivity index (χ3v) is 2.53. The molecule has 1 atom stereocenters. The molecule has 0 saturated heterocycles. The minimum atomic E-state index is -0.477. The largest absolute Gasteiger partial charge is 0.390 e. The normalized spacial score (nSPS) is 12.5. The van der Waals surface area contributed by atoms with Gasteiger partial charge in [0.2, 0.25) is 0 Å². The van der Waals surface area contributed by atoms with Crippen LogP contribution in [0, 0.1) is 6.92 Å². The van der Waals surface area contributed by atoms with E-state index in [2.05, 4.69) is 37.4 Å². The molecule has 0 aliphatic heterocycles. The first-order valence-corrected chi connectivity index (χ1v) is 5.39. The van der Waals surface area contributed by atoms with Crippen LogP contribution in [-0.4, -0.2) is 24.3 Å². The summed E-state index contributed by atoms with van der Waals surface area (Å²) in [5.41, 5.74) is 8.97. The molecule has 84 valence electrons. The van der Waals surface area contributed by atoms with Crippen LogP contribution in [0.4, 0.5) is 5.69 Å². The number of para-hydroxylation sites is 1. The minimum Gasteiger partial charge on any atom is -0.390 e. The Bertz CT molecular complexity index is 312. The molecule has 15 heavy (non-hydrogen) atoms. The Hall–Kier alpha value is -1.06. The smallest absolute Gasteiger partial charge is 0.0834 e. The minimum absolute atomic E-state index is 0.292. The molecule has 0 aliphatic carbocycles. The van der Waals surface area contributed by atoms with Crippen LogP contribution in [0.5, 0.6) is 0 Å². The third kappa shape index (κ3) is 3.22. The average Bonchev–Trinajstić information content (AvgIpc) is 2.26. The van der Waals surface area contributed by atoms with Crippen molar-refractivity contribution in [1.82, 2.24) is 0 Å². The lowest BCUT2D eigenvalue weighted by atomic mass is 10.1. The van der Waals surface area contributed by atoms with E-state index in [4.69, 9.17) is 5.73 Å². The van der Waals surface area contributed by atoms with E-state index in [0.29, 0.717) is 13.1 Å². The molecule has 0 saturated carbocycles. The summed E-state index contributed by atoms with van der Waals surface area (Å²) in [5.74, 6) is 0. The van der Waals surface area contributed by atoms with E-state index in [1.165, 1.54) is 11.1 Å². The molecule has 1 aromatic carbocycles. The summed E-state index contributed by atoms with van der Waals surface area (Å²) >= 11 is 0. The van der Waals surface area contributed by atoms with Crippen LogP contribution in [-0.2, 0) is 6.42 Å². The zero-order valence-electron chi connectivity index (χ0n) is 9.46. The van der Waals surface area contributed by atoms with E-state index in [1.54, 1.807) is 0 Å². The second-order valence-corrected chi connectivity index (χ2v) is 3.73. The summed E-state index contributed by atoms with van der Waals surface area (Å²) in [5, 5.41) is 12.6. The second-order valence-electron chi connectivity index (χ2n) is 3.73. The van der Waals surface area contributed by atoms with Gasteiger partial charge in [0.25, 0.3) is 0 Å². The predicted molar refractivity (Wildman–Crippen MR) is 64.1 cm³/mol. The molecular weight excluding hydrogens is 188 g/mol. The molecule has 1 rings (SSSR count). The quantitative estimate of drug-likeness (QED) is 0.683. The Balaban J connectivity index is 2.74. The molecule has 0 heterocycles. The zero-order valence-corrected chi connectivity index (χ0v) is 9.46. The van der Waals surface area contributed by atoms with Crippen LogP contribution in [0.25, 0.3) is 0 Å². The van der Waals surface area contributed by atoms with Crippen molar-refractivity contribution in [2.24, 2.45) is 5.73 Å². The lowest BCUT2D eigenvalue weighted by Crippen LogP contribution is -2.28. The maximum Gasteiger partial charge on any atom is 0.0834 e. The first-order chi connectivity index (χ1) is 7.19. The molecule has 3 heteroatoms. The number of benzene rings is 1. The van der Waals surface area contributed by atoms with Gasteiger partial charge < -0.3 is 16.2 Å². The van der Waals surface area contributed by atoms with Crippen LogP contribution >= 0.6 is 0 Å².